The van der Waals surface area contributed by atoms with E-state index < -0.39 is 75.9 Å². The second-order valence-corrected chi connectivity index (χ2v) is 24.8. The number of carbonyl (C=O) groups excluding carboxylic acids is 2. The summed E-state index contributed by atoms with van der Waals surface area (Å²) in [5.74, 6) is -1.29. The van der Waals surface area contributed by atoms with Gasteiger partial charge in [-0.15, -0.1) is 0 Å². The first kappa shape index (κ1) is 39.1. The SMILES string of the molecule is C=CC1O[C@@H]2C3=C(C)[C@@H](O[Si](CC)(CC)CC)C[C@@](O[SiH](C)C)([C@@H](OC(=O)c4ccccc4)[C@H]4[C@@](C)(CC[C@H]5OC[C@]54OC(=O)C4CC4)[C@@H]2O1)C3(C)C. The van der Waals surface area contributed by atoms with Crippen molar-refractivity contribution >= 4 is 29.3 Å². The molecule has 7 rings (SSSR count). The van der Waals surface area contributed by atoms with Crippen LogP contribution in [0.1, 0.15) is 90.9 Å². The molecule has 1 unspecified atom stereocenters. The first-order valence-corrected chi connectivity index (χ1v) is 25.6. The highest BCUT2D eigenvalue weighted by atomic mass is 28.4. The minimum Gasteiger partial charge on any atom is -0.455 e. The fraction of sp³-hybridized carbons (Fsp3) is 0.714. The first-order valence-electron chi connectivity index (χ1n) is 20.3. The zero-order chi connectivity index (χ0) is 38.1. The topological polar surface area (TPSA) is 98.8 Å². The third kappa shape index (κ3) is 6.10. The molecular weight excluding hydrogens is 705 g/mol. The van der Waals surface area contributed by atoms with Crippen molar-refractivity contribution in [2.45, 2.75) is 160 Å². The van der Waals surface area contributed by atoms with Gasteiger partial charge in [-0.25, -0.2) is 4.79 Å². The molecule has 0 amide bonds. The molecule has 2 saturated heterocycles. The Labute approximate surface area is 319 Å². The number of hydrogen-bond donors (Lipinski definition) is 0. The van der Waals surface area contributed by atoms with Gasteiger partial charge in [-0.3, -0.25) is 4.79 Å². The van der Waals surface area contributed by atoms with E-state index in [2.05, 4.69) is 68.1 Å². The predicted molar refractivity (Wildman–Crippen MR) is 207 cm³/mol. The molecule has 0 N–H and O–H groups in total. The van der Waals surface area contributed by atoms with Crippen LogP contribution in [0.5, 0.6) is 0 Å². The average molecular weight is 767 g/mol. The van der Waals surface area contributed by atoms with Crippen LogP contribution in [0.4, 0.5) is 0 Å². The highest BCUT2D eigenvalue weighted by Gasteiger charge is 2.77. The number of hydrogen-bond acceptors (Lipinski definition) is 9. The molecule has 0 spiro atoms. The molecule has 11 heteroatoms. The first-order chi connectivity index (χ1) is 25.2. The molecule has 2 bridgehead atoms. The third-order valence-corrected chi connectivity index (χ3v) is 19.8. The summed E-state index contributed by atoms with van der Waals surface area (Å²) < 4.78 is 49.4. The zero-order valence-corrected chi connectivity index (χ0v) is 35.6. The smallest absolute Gasteiger partial charge is 0.338 e. The van der Waals surface area contributed by atoms with E-state index in [4.69, 9.17) is 32.5 Å². The lowest BCUT2D eigenvalue weighted by atomic mass is 9.45. The molecule has 4 aliphatic carbocycles. The summed E-state index contributed by atoms with van der Waals surface area (Å²) in [5, 5.41) is 0. The van der Waals surface area contributed by atoms with Crippen molar-refractivity contribution in [3.05, 3.63) is 59.7 Å². The van der Waals surface area contributed by atoms with E-state index in [0.29, 0.717) is 24.8 Å². The van der Waals surface area contributed by atoms with Gasteiger partial charge in [-0.2, -0.15) is 0 Å². The maximum absolute atomic E-state index is 14.7. The minimum absolute atomic E-state index is 0.119. The number of esters is 2. The van der Waals surface area contributed by atoms with Crippen molar-refractivity contribution < 1.29 is 42.1 Å². The lowest BCUT2D eigenvalue weighted by Crippen LogP contribution is -2.80. The molecule has 1 aromatic carbocycles. The van der Waals surface area contributed by atoms with Gasteiger partial charge < -0.3 is 32.5 Å². The lowest BCUT2D eigenvalue weighted by molar-refractivity contribution is -0.344. The normalized spacial score (nSPS) is 38.8. The summed E-state index contributed by atoms with van der Waals surface area (Å²) >= 11 is 0. The predicted octanol–water partition coefficient (Wildman–Crippen LogP) is 7.90. The Morgan fingerprint density at radius 1 is 1.02 bits per heavy atom. The standard InChI is InChI=1S/C42H62O9Si2/c1-11-31-46-33-32-26(5)29(50-53(12-2,13-3)14-4)24-42(39(32,6)7,51-52(9)10)36(48-37(43)27-18-16-15-17-19-27)34-40(8,35(33)47-31)23-22-30-41(34,25-45-30)49-38(44)28-20-21-28/h11,15-19,28-31,33-36,52H,1,12-14,20-25H2,2-10H3/t29-,30+,31?,33+,34-,35+,36-,40+,41-,42+/m0/s1. The lowest BCUT2D eigenvalue weighted by Gasteiger charge is -2.69. The van der Waals surface area contributed by atoms with Gasteiger partial charge in [0.15, 0.2) is 29.2 Å². The summed E-state index contributed by atoms with van der Waals surface area (Å²) in [5.41, 5.74) is -0.837. The highest BCUT2D eigenvalue weighted by Crippen LogP contribution is 2.68. The van der Waals surface area contributed by atoms with Crippen LogP contribution in [0.2, 0.25) is 31.2 Å². The third-order valence-electron chi connectivity index (χ3n) is 14.3. The summed E-state index contributed by atoms with van der Waals surface area (Å²) in [6.07, 6.45) is 2.17. The van der Waals surface area contributed by atoms with Crippen molar-refractivity contribution in [1.29, 1.82) is 0 Å². The van der Waals surface area contributed by atoms with Gasteiger partial charge in [0.05, 0.1) is 36.2 Å². The molecule has 5 fully saturated rings. The quantitative estimate of drug-likeness (QED) is 0.120. The van der Waals surface area contributed by atoms with Gasteiger partial charge in [0.2, 0.25) is 0 Å². The van der Waals surface area contributed by atoms with Gasteiger partial charge >= 0.3 is 11.9 Å². The number of ether oxygens (including phenoxy) is 5. The van der Waals surface area contributed by atoms with Crippen molar-refractivity contribution in [3.63, 3.8) is 0 Å². The molecule has 3 saturated carbocycles. The maximum Gasteiger partial charge on any atom is 0.338 e. The summed E-state index contributed by atoms with van der Waals surface area (Å²) in [6.45, 7) is 24.4. The van der Waals surface area contributed by atoms with Gasteiger partial charge in [0.1, 0.15) is 23.9 Å². The van der Waals surface area contributed by atoms with Crippen molar-refractivity contribution in [1.82, 2.24) is 0 Å². The van der Waals surface area contributed by atoms with E-state index in [1.54, 1.807) is 18.2 Å². The van der Waals surface area contributed by atoms with Gasteiger partial charge in [0, 0.05) is 17.3 Å². The molecular formula is C42H62O9Si2. The Morgan fingerprint density at radius 2 is 1.70 bits per heavy atom. The van der Waals surface area contributed by atoms with Crippen LogP contribution in [0.25, 0.3) is 0 Å². The Balaban J connectivity index is 1.53. The number of benzene rings is 1. The van der Waals surface area contributed by atoms with Gasteiger partial charge in [0.25, 0.3) is 0 Å². The zero-order valence-electron chi connectivity index (χ0n) is 33.4. The van der Waals surface area contributed by atoms with E-state index in [-0.39, 0.29) is 30.7 Å². The van der Waals surface area contributed by atoms with Gasteiger partial charge in [-0.1, -0.05) is 66.3 Å². The molecule has 10 atom stereocenters. The van der Waals surface area contributed by atoms with Gasteiger partial charge in [-0.05, 0) is 93.2 Å². The van der Waals surface area contributed by atoms with Crippen LogP contribution in [0, 0.1) is 22.7 Å². The van der Waals surface area contributed by atoms with E-state index in [1.165, 1.54) is 0 Å². The van der Waals surface area contributed by atoms with Crippen LogP contribution >= 0.6 is 0 Å². The van der Waals surface area contributed by atoms with Crippen molar-refractivity contribution in [2.24, 2.45) is 22.7 Å². The Hall–Kier alpha value is -2.13. The van der Waals surface area contributed by atoms with Crippen LogP contribution < -0.4 is 0 Å². The molecule has 1 aromatic rings. The summed E-state index contributed by atoms with van der Waals surface area (Å²) in [7, 11) is -4.07. The summed E-state index contributed by atoms with van der Waals surface area (Å²) in [4.78, 5) is 28.6. The molecule has 53 heavy (non-hydrogen) atoms. The highest BCUT2D eigenvalue weighted by molar-refractivity contribution is 6.73. The molecule has 2 heterocycles. The molecule has 0 aromatic heterocycles. The average Bonchev–Trinajstić information content (AvgIpc) is 3.90. The molecule has 292 valence electrons. The number of rotatable bonds is 12. The number of fused-ring (bicyclic) bond motifs is 8. The molecule has 6 aliphatic rings. The van der Waals surface area contributed by atoms with Crippen molar-refractivity contribution in [2.75, 3.05) is 6.61 Å². The Kier molecular flexibility index (Phi) is 10.4. The number of carbonyl (C=O) groups is 2. The van der Waals surface area contributed by atoms with E-state index in [9.17, 15) is 9.59 Å². The van der Waals surface area contributed by atoms with E-state index in [0.717, 1.165) is 42.1 Å². The van der Waals surface area contributed by atoms with Crippen LogP contribution in [-0.4, -0.2) is 83.9 Å². The second-order valence-electron chi connectivity index (χ2n) is 17.7. The minimum atomic E-state index is -2.17. The fourth-order valence-corrected chi connectivity index (χ4v) is 15.3. The Morgan fingerprint density at radius 3 is 2.26 bits per heavy atom. The second kappa shape index (κ2) is 14.1. The summed E-state index contributed by atoms with van der Waals surface area (Å²) in [6, 6.07) is 12.2. The molecule has 9 nitrogen and oxygen atoms in total. The monoisotopic (exact) mass is 766 g/mol. The largest absolute Gasteiger partial charge is 0.455 e. The Bertz CT molecular complexity index is 1600. The fourth-order valence-electron chi connectivity index (χ4n) is 11.0. The van der Waals surface area contributed by atoms with Crippen LogP contribution in [0.15, 0.2) is 54.1 Å². The molecule has 0 radical (unpaired) electrons. The van der Waals surface area contributed by atoms with Crippen molar-refractivity contribution in [3.8, 4) is 0 Å². The molecule has 2 aliphatic heterocycles. The van der Waals surface area contributed by atoms with Crippen LogP contribution in [-0.2, 0) is 37.3 Å². The van der Waals surface area contributed by atoms with E-state index >= 15 is 0 Å². The van der Waals surface area contributed by atoms with E-state index in [1.807, 2.05) is 18.2 Å². The van der Waals surface area contributed by atoms with Crippen LogP contribution in [0.3, 0.4) is 0 Å². The maximum atomic E-state index is 14.7.